The summed E-state index contributed by atoms with van der Waals surface area (Å²) < 4.78 is 0. The molecule has 0 atom stereocenters. The Morgan fingerprint density at radius 1 is 1.22 bits per heavy atom. The number of allylic oxidation sites excluding steroid dienone is 2. The van der Waals surface area contributed by atoms with Crippen molar-refractivity contribution in [1.82, 2.24) is 0 Å². The molecule has 0 radical (unpaired) electrons. The van der Waals surface area contributed by atoms with E-state index in [4.69, 9.17) is 11.6 Å². The number of alkyl halides is 1. The van der Waals surface area contributed by atoms with Crippen molar-refractivity contribution in [2.24, 2.45) is 0 Å². The molecule has 0 aliphatic rings. The average molecular weight is 165 g/mol. The zero-order valence-corrected chi connectivity index (χ0v) is 7.19. The minimum absolute atomic E-state index is 0. The summed E-state index contributed by atoms with van der Waals surface area (Å²) in [5, 5.41) is 0.199. The fraction of sp³-hybridized carbons (Fsp3) is 0.429. The lowest BCUT2D eigenvalue weighted by molar-refractivity contribution is 0.882. The van der Waals surface area contributed by atoms with Gasteiger partial charge in [-0.1, -0.05) is 12.2 Å². The van der Waals surface area contributed by atoms with E-state index >= 15 is 0 Å². The normalized spacial score (nSPS) is 8.22. The Hall–Kier alpha value is 0.120. The molecule has 0 N–H and O–H groups in total. The summed E-state index contributed by atoms with van der Waals surface area (Å²) in [4.78, 5) is 0. The third-order valence-electron chi connectivity index (χ3n) is 0.845. The number of rotatable bonds is 4. The monoisotopic (exact) mass is 164 g/mol. The molecule has 0 unspecified atom stereocenters. The quantitative estimate of drug-likeness (QED) is 0.443. The molecular weight excluding hydrogens is 152 g/mol. The van der Waals surface area contributed by atoms with Gasteiger partial charge < -0.3 is 0 Å². The number of halogens is 1. The maximum Gasteiger partial charge on any atom is 0.0404 e. The summed E-state index contributed by atoms with van der Waals surface area (Å²) in [6, 6.07) is 0. The fourth-order valence-corrected chi connectivity index (χ4v) is 0.710. The van der Waals surface area contributed by atoms with E-state index in [1.807, 2.05) is 12.2 Å². The topological polar surface area (TPSA) is 0 Å². The lowest BCUT2D eigenvalue weighted by Gasteiger charge is -1.98. The minimum Gasteiger partial charge on any atom is -0.197 e. The smallest absolute Gasteiger partial charge is 0.0404 e. The molecule has 0 aromatic rings. The van der Waals surface area contributed by atoms with E-state index in [0.717, 1.165) is 12.8 Å². The molecule has 0 saturated carbocycles. The van der Waals surface area contributed by atoms with E-state index < -0.39 is 0 Å². The van der Waals surface area contributed by atoms with Gasteiger partial charge in [0.1, 0.15) is 0 Å². The van der Waals surface area contributed by atoms with E-state index in [9.17, 15) is 0 Å². The van der Waals surface area contributed by atoms with Crippen LogP contribution in [-0.2, 0) is 0 Å². The molecule has 0 amide bonds. The van der Waals surface area contributed by atoms with Crippen LogP contribution in [0.25, 0.3) is 0 Å². The summed E-state index contributed by atoms with van der Waals surface area (Å²) in [5.41, 5.74) is 0. The maximum atomic E-state index is 5.74. The van der Waals surface area contributed by atoms with Crippen LogP contribution in [0.1, 0.15) is 12.8 Å². The molecule has 0 fully saturated rings. The predicted molar refractivity (Wildman–Crippen MR) is 49.7 cm³/mol. The molecule has 0 rings (SSSR count). The summed E-state index contributed by atoms with van der Waals surface area (Å²) in [6.45, 7) is 7.13. The Balaban J connectivity index is 0. The van der Waals surface area contributed by atoms with E-state index in [1.165, 1.54) is 0 Å². The van der Waals surface area contributed by atoms with Crippen molar-refractivity contribution in [3.05, 3.63) is 25.3 Å². The van der Waals surface area contributed by atoms with Gasteiger partial charge in [0.25, 0.3) is 0 Å². The van der Waals surface area contributed by atoms with Gasteiger partial charge >= 0.3 is 0 Å². The molecule has 0 saturated heterocycles. The molecule has 2 heteroatoms. The Morgan fingerprint density at radius 2 is 1.56 bits per heavy atom. The van der Waals surface area contributed by atoms with Gasteiger partial charge in [0.15, 0.2) is 0 Å². The van der Waals surface area contributed by atoms with Crippen LogP contribution in [0.3, 0.4) is 0 Å². The average Bonchev–Trinajstić information content (AvgIpc) is 1.68. The van der Waals surface area contributed by atoms with Crippen LogP contribution in [-0.4, -0.2) is 5.38 Å². The highest BCUT2D eigenvalue weighted by Gasteiger charge is 1.95. The third-order valence-corrected chi connectivity index (χ3v) is 1.20. The molecule has 9 heavy (non-hydrogen) atoms. The van der Waals surface area contributed by atoms with Crippen molar-refractivity contribution in [3.63, 3.8) is 0 Å². The molecule has 0 heterocycles. The second kappa shape index (κ2) is 8.12. The Kier molecular flexibility index (Phi) is 10.7. The van der Waals surface area contributed by atoms with Gasteiger partial charge in [0.2, 0.25) is 0 Å². The maximum absolute atomic E-state index is 5.74. The Labute approximate surface area is 69.0 Å². The molecule has 0 bridgehead atoms. The van der Waals surface area contributed by atoms with Gasteiger partial charge in [-0.25, -0.2) is 0 Å². The highest BCUT2D eigenvalue weighted by Crippen LogP contribution is 2.06. The second-order valence-corrected chi connectivity index (χ2v) is 2.26. The van der Waals surface area contributed by atoms with Gasteiger partial charge in [-0.05, 0) is 12.8 Å². The summed E-state index contributed by atoms with van der Waals surface area (Å²) >= 11 is 5.74. The lowest BCUT2D eigenvalue weighted by Crippen LogP contribution is -1.91. The third kappa shape index (κ3) is 8.12. The molecule has 54 valence electrons. The summed E-state index contributed by atoms with van der Waals surface area (Å²) in [6.07, 6.45) is 5.38. The first-order valence-corrected chi connectivity index (χ1v) is 3.10. The van der Waals surface area contributed by atoms with Crippen LogP contribution < -0.4 is 0 Å². The number of hydrogen-bond donors (Lipinski definition) is 0. The molecule has 0 nitrogen and oxygen atoms in total. The number of hydrogen-bond acceptors (Lipinski definition) is 0. The van der Waals surface area contributed by atoms with Crippen molar-refractivity contribution in [3.8, 4) is 0 Å². The zero-order chi connectivity index (χ0) is 6.41. The highest BCUT2D eigenvalue weighted by atomic mass is 35.5. The summed E-state index contributed by atoms with van der Waals surface area (Å²) in [5.74, 6) is 0. The summed E-state index contributed by atoms with van der Waals surface area (Å²) in [7, 11) is 0. The van der Waals surface area contributed by atoms with Crippen molar-refractivity contribution >= 4 is 25.1 Å². The zero-order valence-electron chi connectivity index (χ0n) is 5.44. The highest BCUT2D eigenvalue weighted by molar-refractivity contribution is 7.59. The SMILES string of the molecule is C=CCC(Cl)CC=C.S. The van der Waals surface area contributed by atoms with E-state index in [0.29, 0.717) is 0 Å². The van der Waals surface area contributed by atoms with Gasteiger partial charge in [-0.3, -0.25) is 0 Å². The fourth-order valence-electron chi connectivity index (χ4n) is 0.458. The van der Waals surface area contributed by atoms with Crippen molar-refractivity contribution in [1.29, 1.82) is 0 Å². The molecular formula is C7H13ClS. The van der Waals surface area contributed by atoms with Crippen LogP contribution in [0.4, 0.5) is 0 Å². The van der Waals surface area contributed by atoms with Gasteiger partial charge in [-0.2, -0.15) is 13.5 Å². The predicted octanol–water partition coefficient (Wildman–Crippen LogP) is 2.86. The second-order valence-electron chi connectivity index (χ2n) is 1.65. The first kappa shape index (κ1) is 11.9. The first-order chi connectivity index (χ1) is 3.81. The molecule has 0 aromatic heterocycles. The van der Waals surface area contributed by atoms with Crippen LogP contribution in [0.15, 0.2) is 25.3 Å². The van der Waals surface area contributed by atoms with Crippen molar-refractivity contribution in [2.45, 2.75) is 18.2 Å². The van der Waals surface area contributed by atoms with Crippen molar-refractivity contribution in [2.75, 3.05) is 0 Å². The van der Waals surface area contributed by atoms with Crippen LogP contribution in [0.2, 0.25) is 0 Å². The van der Waals surface area contributed by atoms with Crippen LogP contribution >= 0.6 is 25.1 Å². The van der Waals surface area contributed by atoms with E-state index in [2.05, 4.69) is 13.2 Å². The van der Waals surface area contributed by atoms with Gasteiger partial charge in [0, 0.05) is 5.38 Å². The molecule has 0 aliphatic carbocycles. The van der Waals surface area contributed by atoms with Crippen molar-refractivity contribution < 1.29 is 0 Å². The van der Waals surface area contributed by atoms with E-state index in [-0.39, 0.29) is 18.9 Å². The standard InChI is InChI=1S/C7H11Cl.H2S/c1-3-5-7(8)6-4-2;/h3-4,7H,1-2,5-6H2;1H2. The minimum atomic E-state index is 0. The Morgan fingerprint density at radius 3 is 1.78 bits per heavy atom. The first-order valence-electron chi connectivity index (χ1n) is 2.67. The molecule has 0 aromatic carbocycles. The van der Waals surface area contributed by atoms with Crippen LogP contribution in [0.5, 0.6) is 0 Å². The van der Waals surface area contributed by atoms with Gasteiger partial charge in [0.05, 0.1) is 0 Å². The Bertz CT molecular complexity index is 71.0. The molecule has 0 spiro atoms. The largest absolute Gasteiger partial charge is 0.197 e. The van der Waals surface area contributed by atoms with E-state index in [1.54, 1.807) is 0 Å². The lowest BCUT2D eigenvalue weighted by atomic mass is 10.2. The van der Waals surface area contributed by atoms with Crippen LogP contribution in [0, 0.1) is 0 Å². The van der Waals surface area contributed by atoms with Gasteiger partial charge in [-0.15, -0.1) is 24.8 Å². The molecule has 0 aliphatic heterocycles.